The molecular weight excluding hydrogens is 268 g/mol. The summed E-state index contributed by atoms with van der Waals surface area (Å²) in [6.45, 7) is 13.2. The molecule has 0 bridgehead atoms. The molecule has 0 aliphatic carbocycles. The van der Waals surface area contributed by atoms with Gasteiger partial charge in [0.15, 0.2) is 0 Å². The Morgan fingerprint density at radius 1 is 0.824 bits per heavy atom. The Balaban J connectivity index is 5.30. The van der Waals surface area contributed by atoms with E-state index in [9.17, 15) is 0 Å². The van der Waals surface area contributed by atoms with Gasteiger partial charge in [-0.3, -0.25) is 0 Å². The lowest BCUT2D eigenvalue weighted by Gasteiger charge is -2.35. The molecule has 0 aliphatic rings. The van der Waals surface area contributed by atoms with Crippen molar-refractivity contribution in [2.24, 2.45) is 0 Å². The highest BCUT2D eigenvalue weighted by atomic mass is 33.1. The summed E-state index contributed by atoms with van der Waals surface area (Å²) < 4.78 is 1.42. The fourth-order valence-electron chi connectivity index (χ4n) is 1.74. The van der Waals surface area contributed by atoms with Gasteiger partial charge in [0, 0.05) is 26.2 Å². The maximum Gasteiger partial charge on any atom is 0.125 e. The van der Waals surface area contributed by atoms with Crippen LogP contribution >= 0.6 is 33.3 Å². The molecule has 0 atom stereocenters. The third-order valence-electron chi connectivity index (χ3n) is 2.65. The molecule has 0 aromatic rings. The Hall–Kier alpha value is 0.390. The molecule has 0 unspecified atom stereocenters. The minimum absolute atomic E-state index is 1.07. The predicted octanol–water partition coefficient (Wildman–Crippen LogP) is 4.17. The van der Waals surface area contributed by atoms with E-state index in [0.717, 1.165) is 26.2 Å². The quantitative estimate of drug-likeness (QED) is 0.587. The zero-order valence-electron chi connectivity index (χ0n) is 11.9. The molecule has 0 saturated carbocycles. The molecule has 102 valence electrons. The number of nitrogens with zero attached hydrogens (tertiary/aromatic N) is 2. The zero-order chi connectivity index (χ0) is 13.3. The van der Waals surface area contributed by atoms with Crippen LogP contribution < -0.4 is 0 Å². The highest BCUT2D eigenvalue weighted by Gasteiger charge is 2.17. The highest BCUT2D eigenvalue weighted by Crippen LogP contribution is 2.38. The van der Waals surface area contributed by atoms with Gasteiger partial charge in [0.25, 0.3) is 0 Å². The molecule has 0 rings (SSSR count). The van der Waals surface area contributed by atoms with Gasteiger partial charge in [0.1, 0.15) is 5.82 Å². The second-order valence-electron chi connectivity index (χ2n) is 3.41. The molecule has 0 aromatic carbocycles. The summed E-state index contributed by atoms with van der Waals surface area (Å²) in [6, 6.07) is 0. The van der Waals surface area contributed by atoms with Crippen molar-refractivity contribution in [2.75, 3.05) is 38.7 Å². The molecule has 0 heterocycles. The van der Waals surface area contributed by atoms with E-state index in [1.807, 2.05) is 33.3 Å². The number of hydrogen-bond acceptors (Lipinski definition) is 5. The molecule has 2 nitrogen and oxygen atoms in total. The molecule has 0 spiro atoms. The first-order valence-electron chi connectivity index (χ1n) is 6.18. The van der Waals surface area contributed by atoms with E-state index in [-0.39, 0.29) is 0 Å². The number of hydrogen-bond donors (Lipinski definition) is 0. The summed E-state index contributed by atoms with van der Waals surface area (Å²) in [7, 11) is 3.70. The van der Waals surface area contributed by atoms with Crippen molar-refractivity contribution in [1.29, 1.82) is 0 Å². The van der Waals surface area contributed by atoms with Gasteiger partial charge in [0.2, 0.25) is 0 Å². The summed E-state index contributed by atoms with van der Waals surface area (Å²) >= 11 is 1.86. The average molecular weight is 295 g/mol. The van der Waals surface area contributed by atoms with Crippen LogP contribution in [0.3, 0.4) is 0 Å². The van der Waals surface area contributed by atoms with Gasteiger partial charge in [0.05, 0.1) is 4.24 Å². The Kier molecular flexibility index (Phi) is 10.6. The van der Waals surface area contributed by atoms with Crippen molar-refractivity contribution in [3.8, 4) is 0 Å². The standard InChI is InChI=1S/C12H26N2S3/c1-7-13(8-2)11(14(9-3)10-4)12(15-5)17-16-6/h7-10H2,1-6H3. The van der Waals surface area contributed by atoms with Gasteiger partial charge < -0.3 is 9.80 Å². The smallest absolute Gasteiger partial charge is 0.125 e. The number of rotatable bonds is 9. The van der Waals surface area contributed by atoms with E-state index in [1.165, 1.54) is 10.1 Å². The van der Waals surface area contributed by atoms with Crippen molar-refractivity contribution in [3.63, 3.8) is 0 Å². The Labute approximate surface area is 119 Å². The first-order valence-corrected chi connectivity index (χ1v) is 9.96. The summed E-state index contributed by atoms with van der Waals surface area (Å²) in [5, 5.41) is 0. The van der Waals surface area contributed by atoms with E-state index in [0.29, 0.717) is 0 Å². The second kappa shape index (κ2) is 10.3. The molecule has 0 N–H and O–H groups in total. The van der Waals surface area contributed by atoms with E-state index < -0.39 is 0 Å². The van der Waals surface area contributed by atoms with Crippen LogP contribution in [0.1, 0.15) is 27.7 Å². The minimum atomic E-state index is 1.07. The fourth-order valence-corrected chi connectivity index (χ4v) is 4.84. The average Bonchev–Trinajstić information content (AvgIpc) is 2.37. The van der Waals surface area contributed by atoms with Crippen molar-refractivity contribution in [2.45, 2.75) is 27.7 Å². The monoisotopic (exact) mass is 294 g/mol. The van der Waals surface area contributed by atoms with Gasteiger partial charge in [-0.2, -0.15) is 0 Å². The molecule has 0 radical (unpaired) electrons. The Morgan fingerprint density at radius 2 is 1.24 bits per heavy atom. The van der Waals surface area contributed by atoms with Crippen molar-refractivity contribution >= 4 is 33.3 Å². The fraction of sp³-hybridized carbons (Fsp3) is 0.833. The zero-order valence-corrected chi connectivity index (χ0v) is 14.4. The maximum atomic E-state index is 2.46. The summed E-state index contributed by atoms with van der Waals surface area (Å²) in [6.07, 6.45) is 4.31. The molecule has 0 aromatic heterocycles. The lowest BCUT2D eigenvalue weighted by atomic mass is 10.4. The van der Waals surface area contributed by atoms with Crippen molar-refractivity contribution in [1.82, 2.24) is 9.80 Å². The SMILES string of the molecule is CCN(CC)C(=C(SC)SSC)N(CC)CC. The molecule has 0 fully saturated rings. The minimum Gasteiger partial charge on any atom is -0.357 e. The first-order chi connectivity index (χ1) is 8.19. The van der Waals surface area contributed by atoms with Crippen LogP contribution in [0.5, 0.6) is 0 Å². The van der Waals surface area contributed by atoms with E-state index in [1.54, 1.807) is 0 Å². The first kappa shape index (κ1) is 17.4. The second-order valence-corrected chi connectivity index (χ2v) is 6.89. The summed E-state index contributed by atoms with van der Waals surface area (Å²) in [5.41, 5.74) is 0. The van der Waals surface area contributed by atoms with Gasteiger partial charge in [-0.25, -0.2) is 0 Å². The van der Waals surface area contributed by atoms with Crippen LogP contribution in [0.25, 0.3) is 0 Å². The summed E-state index contributed by atoms with van der Waals surface area (Å²) in [5.74, 6) is 1.41. The molecule has 0 aliphatic heterocycles. The van der Waals surface area contributed by atoms with Crippen molar-refractivity contribution in [3.05, 3.63) is 10.1 Å². The Morgan fingerprint density at radius 3 is 1.47 bits per heavy atom. The van der Waals surface area contributed by atoms with Gasteiger partial charge >= 0.3 is 0 Å². The van der Waals surface area contributed by atoms with E-state index in [2.05, 4.69) is 50.0 Å². The van der Waals surface area contributed by atoms with Crippen LogP contribution in [0.4, 0.5) is 0 Å². The van der Waals surface area contributed by atoms with E-state index >= 15 is 0 Å². The number of thioether (sulfide) groups is 1. The molecule has 5 heteroatoms. The molecule has 17 heavy (non-hydrogen) atoms. The highest BCUT2D eigenvalue weighted by molar-refractivity contribution is 8.79. The third-order valence-corrected chi connectivity index (χ3v) is 5.77. The van der Waals surface area contributed by atoms with Crippen molar-refractivity contribution < 1.29 is 0 Å². The molecule has 0 amide bonds. The normalized spacial score (nSPS) is 10.2. The van der Waals surface area contributed by atoms with Crippen LogP contribution in [-0.4, -0.2) is 48.5 Å². The summed E-state index contributed by atoms with van der Waals surface area (Å²) in [4.78, 5) is 4.92. The van der Waals surface area contributed by atoms with E-state index in [4.69, 9.17) is 0 Å². The maximum absolute atomic E-state index is 2.46. The topological polar surface area (TPSA) is 6.48 Å². The molecule has 0 saturated heterocycles. The van der Waals surface area contributed by atoms with Crippen LogP contribution in [0, 0.1) is 0 Å². The molecular formula is C12H26N2S3. The lowest BCUT2D eigenvalue weighted by Crippen LogP contribution is -2.36. The van der Waals surface area contributed by atoms with Crippen LogP contribution in [-0.2, 0) is 0 Å². The van der Waals surface area contributed by atoms with Gasteiger partial charge in [-0.1, -0.05) is 10.8 Å². The predicted molar refractivity (Wildman–Crippen MR) is 87.5 cm³/mol. The Bertz CT molecular complexity index is 210. The van der Waals surface area contributed by atoms with Crippen LogP contribution in [0.15, 0.2) is 10.1 Å². The largest absolute Gasteiger partial charge is 0.357 e. The van der Waals surface area contributed by atoms with Gasteiger partial charge in [-0.15, -0.1) is 11.8 Å². The lowest BCUT2D eigenvalue weighted by molar-refractivity contribution is 0.235. The van der Waals surface area contributed by atoms with Crippen LogP contribution in [0.2, 0.25) is 0 Å². The van der Waals surface area contributed by atoms with Gasteiger partial charge in [-0.05, 0) is 51.0 Å². The third kappa shape index (κ3) is 5.26.